The van der Waals surface area contributed by atoms with Crippen molar-refractivity contribution in [1.29, 1.82) is 0 Å². The Morgan fingerprint density at radius 3 is 2.50 bits per heavy atom. The smallest absolute Gasteiger partial charge is 0.253 e. The molecule has 4 nitrogen and oxygen atoms in total. The number of rotatable bonds is 5. The molecule has 2 rings (SSSR count). The third kappa shape index (κ3) is 3.23. The van der Waals surface area contributed by atoms with Crippen molar-refractivity contribution in [3.05, 3.63) is 29.8 Å². The highest BCUT2D eigenvalue weighted by atomic mass is 16.5. The summed E-state index contributed by atoms with van der Waals surface area (Å²) in [5, 5.41) is 8.65. The van der Waals surface area contributed by atoms with Gasteiger partial charge in [-0.15, -0.1) is 0 Å². The monoisotopic (exact) mass is 249 g/mol. The van der Waals surface area contributed by atoms with Crippen molar-refractivity contribution in [2.24, 2.45) is 0 Å². The van der Waals surface area contributed by atoms with Crippen LogP contribution in [0.2, 0.25) is 0 Å². The molecule has 1 aliphatic rings. The Morgan fingerprint density at radius 2 is 1.89 bits per heavy atom. The number of benzene rings is 1. The van der Waals surface area contributed by atoms with Crippen LogP contribution in [-0.4, -0.2) is 42.2 Å². The number of nitrogens with zero attached hydrogens (tertiary/aromatic N) is 1. The largest absolute Gasteiger partial charge is 0.494 e. The number of carbonyl (C=O) groups excluding carboxylic acids is 1. The second-order valence-electron chi connectivity index (χ2n) is 4.45. The van der Waals surface area contributed by atoms with Gasteiger partial charge in [-0.05, 0) is 37.1 Å². The number of aliphatic hydroxyl groups excluding tert-OH is 1. The van der Waals surface area contributed by atoms with E-state index in [9.17, 15) is 4.79 Å². The van der Waals surface area contributed by atoms with E-state index in [0.717, 1.165) is 31.7 Å². The minimum Gasteiger partial charge on any atom is -0.494 e. The minimum absolute atomic E-state index is 0.106. The normalized spacial score (nSPS) is 14.8. The summed E-state index contributed by atoms with van der Waals surface area (Å²) in [7, 11) is 0. The number of hydrogen-bond acceptors (Lipinski definition) is 3. The Morgan fingerprint density at radius 1 is 1.22 bits per heavy atom. The van der Waals surface area contributed by atoms with E-state index in [4.69, 9.17) is 9.84 Å². The molecule has 4 heteroatoms. The SMILES string of the molecule is O=C(c1ccc(OCCCO)cc1)N1CCCC1. The van der Waals surface area contributed by atoms with Crippen LogP contribution in [0.1, 0.15) is 29.6 Å². The maximum atomic E-state index is 12.1. The van der Waals surface area contributed by atoms with Crippen molar-refractivity contribution in [2.45, 2.75) is 19.3 Å². The summed E-state index contributed by atoms with van der Waals surface area (Å²) in [6.45, 7) is 2.36. The summed E-state index contributed by atoms with van der Waals surface area (Å²) in [5.74, 6) is 0.843. The van der Waals surface area contributed by atoms with Gasteiger partial charge in [-0.1, -0.05) is 0 Å². The molecule has 1 N–H and O–H groups in total. The molecule has 1 fully saturated rings. The molecule has 1 heterocycles. The number of aliphatic hydroxyl groups is 1. The van der Waals surface area contributed by atoms with Gasteiger partial charge in [-0.2, -0.15) is 0 Å². The fraction of sp³-hybridized carbons (Fsp3) is 0.500. The van der Waals surface area contributed by atoms with Crippen LogP contribution in [-0.2, 0) is 0 Å². The van der Waals surface area contributed by atoms with Gasteiger partial charge in [0, 0.05) is 31.7 Å². The molecule has 0 atom stereocenters. The molecule has 18 heavy (non-hydrogen) atoms. The fourth-order valence-electron chi connectivity index (χ4n) is 2.05. The molecule has 1 saturated heterocycles. The van der Waals surface area contributed by atoms with Crippen LogP contribution in [0.15, 0.2) is 24.3 Å². The van der Waals surface area contributed by atoms with Crippen LogP contribution >= 0.6 is 0 Å². The highest BCUT2D eigenvalue weighted by Crippen LogP contribution is 2.16. The molecule has 98 valence electrons. The summed E-state index contributed by atoms with van der Waals surface area (Å²) in [6.07, 6.45) is 2.83. The molecule has 1 aromatic rings. The molecular weight excluding hydrogens is 230 g/mol. The summed E-state index contributed by atoms with van der Waals surface area (Å²) in [5.41, 5.74) is 0.714. The van der Waals surface area contributed by atoms with E-state index < -0.39 is 0 Å². The van der Waals surface area contributed by atoms with Crippen molar-refractivity contribution in [3.63, 3.8) is 0 Å². The Balaban J connectivity index is 1.92. The maximum Gasteiger partial charge on any atom is 0.253 e. The molecule has 0 bridgehead atoms. The van der Waals surface area contributed by atoms with Gasteiger partial charge in [0.05, 0.1) is 6.61 Å². The average molecular weight is 249 g/mol. The third-order valence-corrected chi connectivity index (χ3v) is 3.07. The standard InChI is InChI=1S/C14H19NO3/c16-10-3-11-18-13-6-4-12(5-7-13)14(17)15-8-1-2-9-15/h4-7,16H,1-3,8-11H2. The fourth-order valence-corrected chi connectivity index (χ4v) is 2.05. The molecule has 0 unspecified atom stereocenters. The lowest BCUT2D eigenvalue weighted by molar-refractivity contribution is 0.0793. The second-order valence-corrected chi connectivity index (χ2v) is 4.45. The van der Waals surface area contributed by atoms with Gasteiger partial charge in [-0.3, -0.25) is 4.79 Å². The number of likely N-dealkylation sites (tertiary alicyclic amines) is 1. The maximum absolute atomic E-state index is 12.1. The predicted molar refractivity (Wildman–Crippen MR) is 68.8 cm³/mol. The highest BCUT2D eigenvalue weighted by molar-refractivity contribution is 5.94. The summed E-state index contributed by atoms with van der Waals surface area (Å²) >= 11 is 0. The number of carbonyl (C=O) groups is 1. The first kappa shape index (κ1) is 12.9. The molecule has 0 saturated carbocycles. The van der Waals surface area contributed by atoms with Crippen LogP contribution < -0.4 is 4.74 Å². The molecule has 1 aromatic carbocycles. The summed E-state index contributed by atoms with van der Waals surface area (Å²) < 4.78 is 5.42. The topological polar surface area (TPSA) is 49.8 Å². The van der Waals surface area contributed by atoms with Crippen molar-refractivity contribution in [2.75, 3.05) is 26.3 Å². The zero-order valence-electron chi connectivity index (χ0n) is 10.5. The van der Waals surface area contributed by atoms with Gasteiger partial charge in [0.2, 0.25) is 0 Å². The lowest BCUT2D eigenvalue weighted by atomic mass is 10.2. The average Bonchev–Trinajstić information content (AvgIpc) is 2.93. The van der Waals surface area contributed by atoms with Crippen molar-refractivity contribution >= 4 is 5.91 Å². The molecule has 0 spiro atoms. The van der Waals surface area contributed by atoms with Crippen LogP contribution in [0.5, 0.6) is 5.75 Å². The van der Waals surface area contributed by atoms with E-state index >= 15 is 0 Å². The van der Waals surface area contributed by atoms with E-state index in [2.05, 4.69) is 0 Å². The molecule has 0 aromatic heterocycles. The lowest BCUT2D eigenvalue weighted by Gasteiger charge is -2.15. The van der Waals surface area contributed by atoms with Gasteiger partial charge in [-0.25, -0.2) is 0 Å². The van der Waals surface area contributed by atoms with Crippen LogP contribution in [0.3, 0.4) is 0 Å². The zero-order chi connectivity index (χ0) is 12.8. The van der Waals surface area contributed by atoms with E-state index in [1.165, 1.54) is 0 Å². The van der Waals surface area contributed by atoms with Gasteiger partial charge in [0.1, 0.15) is 5.75 Å². The molecule has 0 radical (unpaired) electrons. The minimum atomic E-state index is 0.106. The zero-order valence-corrected chi connectivity index (χ0v) is 10.5. The van der Waals surface area contributed by atoms with E-state index in [1.807, 2.05) is 4.90 Å². The Labute approximate surface area is 107 Å². The summed E-state index contributed by atoms with van der Waals surface area (Å²) in [4.78, 5) is 14.0. The van der Waals surface area contributed by atoms with E-state index in [0.29, 0.717) is 18.6 Å². The first-order chi connectivity index (χ1) is 8.81. The van der Waals surface area contributed by atoms with E-state index in [1.54, 1.807) is 24.3 Å². The molecule has 1 amide bonds. The van der Waals surface area contributed by atoms with Crippen LogP contribution in [0.4, 0.5) is 0 Å². The van der Waals surface area contributed by atoms with Crippen LogP contribution in [0.25, 0.3) is 0 Å². The van der Waals surface area contributed by atoms with Gasteiger partial charge >= 0.3 is 0 Å². The number of hydrogen-bond donors (Lipinski definition) is 1. The van der Waals surface area contributed by atoms with E-state index in [-0.39, 0.29) is 12.5 Å². The lowest BCUT2D eigenvalue weighted by Crippen LogP contribution is -2.27. The van der Waals surface area contributed by atoms with Crippen molar-refractivity contribution in [1.82, 2.24) is 4.90 Å². The first-order valence-corrected chi connectivity index (χ1v) is 6.44. The van der Waals surface area contributed by atoms with Gasteiger partial charge < -0.3 is 14.7 Å². The van der Waals surface area contributed by atoms with Crippen molar-refractivity contribution in [3.8, 4) is 5.75 Å². The van der Waals surface area contributed by atoms with Crippen LogP contribution in [0, 0.1) is 0 Å². The molecular formula is C14H19NO3. The van der Waals surface area contributed by atoms with Gasteiger partial charge in [0.15, 0.2) is 0 Å². The highest BCUT2D eigenvalue weighted by Gasteiger charge is 2.19. The second kappa shape index (κ2) is 6.40. The predicted octanol–water partition coefficient (Wildman–Crippen LogP) is 1.68. The van der Waals surface area contributed by atoms with Crippen molar-refractivity contribution < 1.29 is 14.6 Å². The molecule has 0 aliphatic carbocycles. The Bertz CT molecular complexity index is 383. The third-order valence-electron chi connectivity index (χ3n) is 3.07. The Hall–Kier alpha value is -1.55. The summed E-state index contributed by atoms with van der Waals surface area (Å²) in [6, 6.07) is 7.21. The quantitative estimate of drug-likeness (QED) is 0.808. The first-order valence-electron chi connectivity index (χ1n) is 6.44. The molecule has 1 aliphatic heterocycles. The number of ether oxygens (including phenoxy) is 1. The van der Waals surface area contributed by atoms with Gasteiger partial charge in [0.25, 0.3) is 5.91 Å². The number of amides is 1. The Kier molecular flexibility index (Phi) is 4.59.